The van der Waals surface area contributed by atoms with Gasteiger partial charge in [0.2, 0.25) is 15.0 Å². The van der Waals surface area contributed by atoms with E-state index in [0.717, 1.165) is 11.0 Å². The normalized spacial score (nSPS) is 27.4. The van der Waals surface area contributed by atoms with Gasteiger partial charge in [0.05, 0.1) is 28.8 Å². The maximum Gasteiger partial charge on any atom is 0.494 e. The molecule has 3 aliphatic rings. The second kappa shape index (κ2) is 10.5. The molecule has 216 valence electrons. The maximum atomic E-state index is 15.4. The van der Waals surface area contributed by atoms with E-state index in [0.29, 0.717) is 5.56 Å². The van der Waals surface area contributed by atoms with E-state index < -0.39 is 57.6 Å². The standard InChI is InChI=1S/C28H35BF2N2O6S/c1-26(2)27(3,4)39-29(38-26)21-12-8-9-19(17-21)18-23-24(32-40(35,36)28(31)14-15-28)22(30)13-16-33(23)37-25(34)20-10-6-5-7-11-20/h5-12,17,22-24,32H,13-16,18H2,1-4H3/t22-,23-,24-/m0/s1. The highest BCUT2D eigenvalue weighted by atomic mass is 32.2. The highest BCUT2D eigenvalue weighted by Crippen LogP contribution is 2.45. The van der Waals surface area contributed by atoms with Crippen molar-refractivity contribution in [3.8, 4) is 0 Å². The molecule has 1 aliphatic carbocycles. The summed E-state index contributed by atoms with van der Waals surface area (Å²) in [5.41, 5.74) is 0.668. The minimum atomic E-state index is -4.46. The highest BCUT2D eigenvalue weighted by molar-refractivity contribution is 7.91. The molecule has 2 aromatic carbocycles. The molecule has 2 heterocycles. The molecule has 2 aliphatic heterocycles. The Morgan fingerprint density at radius 1 is 1.07 bits per heavy atom. The van der Waals surface area contributed by atoms with Crippen LogP contribution in [0.5, 0.6) is 0 Å². The Morgan fingerprint density at radius 2 is 1.73 bits per heavy atom. The number of piperidine rings is 1. The van der Waals surface area contributed by atoms with Crippen LogP contribution in [-0.2, 0) is 30.6 Å². The zero-order valence-corrected chi connectivity index (χ0v) is 23.9. The summed E-state index contributed by atoms with van der Waals surface area (Å²) in [6.45, 7) is 7.85. The number of carbonyl (C=O) groups is 1. The summed E-state index contributed by atoms with van der Waals surface area (Å²) in [7, 11) is -5.09. The number of hydrogen-bond acceptors (Lipinski definition) is 7. The lowest BCUT2D eigenvalue weighted by Gasteiger charge is -2.41. The van der Waals surface area contributed by atoms with E-state index in [-0.39, 0.29) is 32.2 Å². The monoisotopic (exact) mass is 576 g/mol. The summed E-state index contributed by atoms with van der Waals surface area (Å²) in [6, 6.07) is 13.4. The van der Waals surface area contributed by atoms with Gasteiger partial charge in [0.25, 0.3) is 0 Å². The number of alkyl halides is 2. The van der Waals surface area contributed by atoms with Crippen molar-refractivity contribution in [2.24, 2.45) is 0 Å². The molecule has 0 spiro atoms. The van der Waals surface area contributed by atoms with E-state index in [4.69, 9.17) is 14.1 Å². The van der Waals surface area contributed by atoms with Crippen LogP contribution >= 0.6 is 0 Å². The Hall–Kier alpha value is -2.38. The fourth-order valence-corrected chi connectivity index (χ4v) is 6.50. The van der Waals surface area contributed by atoms with Crippen LogP contribution in [0.1, 0.15) is 62.9 Å². The summed E-state index contributed by atoms with van der Waals surface area (Å²) < 4.78 is 70.4. The van der Waals surface area contributed by atoms with Crippen molar-refractivity contribution in [2.45, 2.75) is 87.8 Å². The van der Waals surface area contributed by atoms with Gasteiger partial charge < -0.3 is 14.1 Å². The largest absolute Gasteiger partial charge is 0.494 e. The molecule has 2 saturated heterocycles. The topological polar surface area (TPSA) is 94.2 Å². The summed E-state index contributed by atoms with van der Waals surface area (Å²) in [4.78, 5) is 18.6. The lowest BCUT2D eigenvalue weighted by molar-refractivity contribution is -0.166. The van der Waals surface area contributed by atoms with E-state index in [1.54, 1.807) is 30.3 Å². The van der Waals surface area contributed by atoms with Crippen LogP contribution in [0.15, 0.2) is 54.6 Å². The number of carbonyl (C=O) groups excluding carboxylic acids is 1. The number of hydrogen-bond donors (Lipinski definition) is 1. The molecule has 2 aromatic rings. The van der Waals surface area contributed by atoms with Crippen molar-refractivity contribution in [3.63, 3.8) is 0 Å². The van der Waals surface area contributed by atoms with Gasteiger partial charge in [-0.05, 0) is 63.7 Å². The lowest BCUT2D eigenvalue weighted by Crippen LogP contribution is -2.62. The summed E-state index contributed by atoms with van der Waals surface area (Å²) in [5, 5.41) is -1.09. The van der Waals surface area contributed by atoms with Crippen LogP contribution in [-0.4, -0.2) is 67.6 Å². The predicted molar refractivity (Wildman–Crippen MR) is 147 cm³/mol. The first kappa shape index (κ1) is 29.1. The quantitative estimate of drug-likeness (QED) is 0.482. The first-order valence-corrected chi connectivity index (χ1v) is 15.0. The van der Waals surface area contributed by atoms with Crippen molar-refractivity contribution in [1.82, 2.24) is 9.79 Å². The third kappa shape index (κ3) is 5.69. The molecule has 40 heavy (non-hydrogen) atoms. The highest BCUT2D eigenvalue weighted by Gasteiger charge is 2.58. The van der Waals surface area contributed by atoms with E-state index in [1.165, 1.54) is 5.06 Å². The van der Waals surface area contributed by atoms with Gasteiger partial charge >= 0.3 is 13.1 Å². The van der Waals surface area contributed by atoms with Crippen LogP contribution in [0.25, 0.3) is 0 Å². The van der Waals surface area contributed by atoms with Crippen LogP contribution < -0.4 is 10.2 Å². The molecule has 3 fully saturated rings. The number of sulfonamides is 1. The van der Waals surface area contributed by atoms with E-state index in [2.05, 4.69) is 4.72 Å². The van der Waals surface area contributed by atoms with Crippen LogP contribution in [0.4, 0.5) is 8.78 Å². The molecule has 12 heteroatoms. The third-order valence-electron chi connectivity index (χ3n) is 8.35. The summed E-state index contributed by atoms with van der Waals surface area (Å²) >= 11 is 0. The fourth-order valence-electron chi connectivity index (χ4n) is 4.98. The smallest absolute Gasteiger partial charge is 0.399 e. The molecule has 0 unspecified atom stereocenters. The molecule has 0 aromatic heterocycles. The van der Waals surface area contributed by atoms with Crippen LogP contribution in [0, 0.1) is 0 Å². The maximum absolute atomic E-state index is 15.4. The SMILES string of the molecule is CC1(C)OB(c2cccc(C[C@H]3[C@@H](NS(=O)(=O)C4(F)CC4)[C@@H](F)CCN3OC(=O)c3ccccc3)c2)OC1(C)C. The zero-order valence-electron chi connectivity index (χ0n) is 23.1. The second-order valence-electron chi connectivity index (χ2n) is 11.8. The number of rotatable bonds is 8. The molecule has 1 saturated carbocycles. The van der Waals surface area contributed by atoms with Crippen molar-refractivity contribution in [2.75, 3.05) is 6.54 Å². The summed E-state index contributed by atoms with van der Waals surface area (Å²) in [5.74, 6) is -0.653. The Morgan fingerprint density at radius 3 is 2.35 bits per heavy atom. The minimum absolute atomic E-state index is 0.0420. The van der Waals surface area contributed by atoms with E-state index in [9.17, 15) is 17.6 Å². The van der Waals surface area contributed by atoms with Crippen LogP contribution in [0.2, 0.25) is 0 Å². The molecular weight excluding hydrogens is 541 g/mol. The number of nitrogens with one attached hydrogen (secondary N) is 1. The molecular formula is C28H35BF2N2O6S. The predicted octanol–water partition coefficient (Wildman–Crippen LogP) is 3.46. The average Bonchev–Trinajstić information content (AvgIpc) is 3.62. The molecule has 0 amide bonds. The van der Waals surface area contributed by atoms with Gasteiger partial charge in [0.15, 0.2) is 0 Å². The van der Waals surface area contributed by atoms with Gasteiger partial charge in [0.1, 0.15) is 6.17 Å². The van der Waals surface area contributed by atoms with Gasteiger partial charge in [-0.15, -0.1) is 5.06 Å². The van der Waals surface area contributed by atoms with Gasteiger partial charge in [0, 0.05) is 19.4 Å². The Kier molecular flexibility index (Phi) is 7.63. The second-order valence-corrected chi connectivity index (χ2v) is 13.8. The van der Waals surface area contributed by atoms with Gasteiger partial charge in [-0.2, -0.15) is 0 Å². The Labute approximate surface area is 234 Å². The molecule has 1 N–H and O–H groups in total. The van der Waals surface area contributed by atoms with Crippen molar-refractivity contribution in [1.29, 1.82) is 0 Å². The first-order valence-electron chi connectivity index (χ1n) is 13.5. The number of hydroxylamine groups is 2. The number of benzene rings is 2. The molecule has 0 radical (unpaired) electrons. The Balaban J connectivity index is 1.43. The summed E-state index contributed by atoms with van der Waals surface area (Å²) in [6.07, 6.45) is -1.87. The molecule has 3 atom stereocenters. The van der Waals surface area contributed by atoms with Crippen molar-refractivity contribution in [3.05, 3.63) is 65.7 Å². The van der Waals surface area contributed by atoms with E-state index >= 15 is 4.39 Å². The lowest BCUT2D eigenvalue weighted by atomic mass is 9.77. The zero-order chi connectivity index (χ0) is 28.9. The van der Waals surface area contributed by atoms with Gasteiger partial charge in [-0.25, -0.2) is 26.7 Å². The Bertz CT molecular complexity index is 1340. The van der Waals surface area contributed by atoms with Crippen molar-refractivity contribution < 1.29 is 36.1 Å². The molecule has 8 nitrogen and oxygen atoms in total. The van der Waals surface area contributed by atoms with Gasteiger partial charge in [-0.3, -0.25) is 0 Å². The number of nitrogens with zero attached hydrogens (tertiary/aromatic N) is 1. The van der Waals surface area contributed by atoms with Crippen molar-refractivity contribution >= 4 is 28.6 Å². The molecule has 5 rings (SSSR count). The third-order valence-corrected chi connectivity index (χ3v) is 10.3. The number of halogens is 2. The first-order chi connectivity index (χ1) is 18.7. The van der Waals surface area contributed by atoms with E-state index in [1.807, 2.05) is 52.0 Å². The fraction of sp³-hybridized carbons (Fsp3) is 0.536. The van der Waals surface area contributed by atoms with Gasteiger partial charge in [-0.1, -0.05) is 42.5 Å². The average molecular weight is 576 g/mol. The van der Waals surface area contributed by atoms with Crippen LogP contribution in [0.3, 0.4) is 0 Å². The molecule has 0 bridgehead atoms. The minimum Gasteiger partial charge on any atom is -0.399 e.